The molecule has 0 heterocycles. The standard InChI is InChI=1S/C38H43N3O5S/c1-29-14-12-20-33(24-29)41(47(44,45)35-22-10-5-11-23-35)28-37(42)40(27-31-17-13-21-34(25-31)46-2)36(26-30-15-6-3-7-16-30)38(43)39-32-18-8-4-9-19-32/h3,5-7,10-17,20-25,32,36H,4,8-9,18-19,26-28H2,1-2H3,(H,39,43)/t36-/m1/s1. The smallest absolute Gasteiger partial charge is 0.264 e. The molecule has 47 heavy (non-hydrogen) atoms. The van der Waals surface area contributed by atoms with Crippen LogP contribution in [0.2, 0.25) is 0 Å². The van der Waals surface area contributed by atoms with E-state index >= 15 is 0 Å². The Morgan fingerprint density at radius 3 is 2.17 bits per heavy atom. The number of hydrogen-bond acceptors (Lipinski definition) is 5. The summed E-state index contributed by atoms with van der Waals surface area (Å²) in [5, 5.41) is 3.24. The second kappa shape index (κ2) is 15.8. The van der Waals surface area contributed by atoms with Gasteiger partial charge in [0.2, 0.25) is 11.8 Å². The van der Waals surface area contributed by atoms with Gasteiger partial charge in [-0.2, -0.15) is 0 Å². The molecule has 1 aliphatic carbocycles. The van der Waals surface area contributed by atoms with E-state index in [2.05, 4.69) is 5.32 Å². The highest BCUT2D eigenvalue weighted by Gasteiger charge is 2.35. The molecular formula is C38H43N3O5S. The zero-order valence-electron chi connectivity index (χ0n) is 27.0. The molecule has 2 amide bonds. The fourth-order valence-corrected chi connectivity index (χ4v) is 7.52. The van der Waals surface area contributed by atoms with Crippen molar-refractivity contribution in [2.75, 3.05) is 18.0 Å². The highest BCUT2D eigenvalue weighted by molar-refractivity contribution is 7.92. The van der Waals surface area contributed by atoms with Crippen LogP contribution in [0.15, 0.2) is 114 Å². The number of nitrogens with zero attached hydrogens (tertiary/aromatic N) is 2. The molecule has 4 aromatic rings. The second-order valence-corrected chi connectivity index (χ2v) is 13.9. The van der Waals surface area contributed by atoms with Gasteiger partial charge in [-0.1, -0.05) is 92.1 Å². The molecule has 9 heteroatoms. The lowest BCUT2D eigenvalue weighted by Gasteiger charge is -2.35. The van der Waals surface area contributed by atoms with E-state index in [-0.39, 0.29) is 29.8 Å². The molecule has 246 valence electrons. The quantitative estimate of drug-likeness (QED) is 0.183. The predicted octanol–water partition coefficient (Wildman–Crippen LogP) is 6.29. The van der Waals surface area contributed by atoms with Crippen LogP contribution in [0.5, 0.6) is 5.75 Å². The van der Waals surface area contributed by atoms with Gasteiger partial charge in [-0.3, -0.25) is 13.9 Å². The summed E-state index contributed by atoms with van der Waals surface area (Å²) >= 11 is 0. The average molecular weight is 654 g/mol. The summed E-state index contributed by atoms with van der Waals surface area (Å²) in [5.41, 5.74) is 2.88. The van der Waals surface area contributed by atoms with Crippen LogP contribution < -0.4 is 14.4 Å². The van der Waals surface area contributed by atoms with Crippen LogP contribution in [0.4, 0.5) is 5.69 Å². The van der Waals surface area contributed by atoms with Crippen molar-refractivity contribution < 1.29 is 22.7 Å². The van der Waals surface area contributed by atoms with Gasteiger partial charge in [0.25, 0.3) is 10.0 Å². The Hall–Kier alpha value is -4.63. The number of methoxy groups -OCH3 is 1. The lowest BCUT2D eigenvalue weighted by molar-refractivity contribution is -0.140. The van der Waals surface area contributed by atoms with E-state index in [1.165, 1.54) is 17.0 Å². The van der Waals surface area contributed by atoms with Crippen LogP contribution in [0.3, 0.4) is 0 Å². The molecule has 0 unspecified atom stereocenters. The van der Waals surface area contributed by atoms with Gasteiger partial charge in [0.1, 0.15) is 18.3 Å². The molecule has 1 atom stereocenters. The minimum atomic E-state index is -4.15. The maximum Gasteiger partial charge on any atom is 0.264 e. The molecule has 0 radical (unpaired) electrons. The zero-order valence-corrected chi connectivity index (χ0v) is 27.9. The summed E-state index contributed by atoms with van der Waals surface area (Å²) in [6, 6.07) is 31.3. The Morgan fingerprint density at radius 2 is 1.49 bits per heavy atom. The molecule has 1 N–H and O–H groups in total. The van der Waals surface area contributed by atoms with E-state index < -0.39 is 28.5 Å². The number of rotatable bonds is 13. The van der Waals surface area contributed by atoms with Gasteiger partial charge >= 0.3 is 0 Å². The third kappa shape index (κ3) is 8.80. The Kier molecular flexibility index (Phi) is 11.3. The topological polar surface area (TPSA) is 96.0 Å². The van der Waals surface area contributed by atoms with Crippen LogP contribution in [0.25, 0.3) is 0 Å². The molecule has 0 bridgehead atoms. The first-order valence-corrected chi connectivity index (χ1v) is 17.6. The van der Waals surface area contributed by atoms with Crippen molar-refractivity contribution >= 4 is 27.5 Å². The summed E-state index contributed by atoms with van der Waals surface area (Å²) in [7, 11) is -2.57. The van der Waals surface area contributed by atoms with Gasteiger partial charge in [-0.25, -0.2) is 8.42 Å². The van der Waals surface area contributed by atoms with Crippen molar-refractivity contribution in [3.05, 3.63) is 126 Å². The van der Waals surface area contributed by atoms with Crippen molar-refractivity contribution in [2.45, 2.75) is 69.0 Å². The van der Waals surface area contributed by atoms with E-state index in [9.17, 15) is 18.0 Å². The van der Waals surface area contributed by atoms with E-state index in [0.717, 1.165) is 53.1 Å². The summed E-state index contributed by atoms with van der Waals surface area (Å²) in [6.07, 6.45) is 5.29. The van der Waals surface area contributed by atoms with Gasteiger partial charge in [-0.15, -0.1) is 0 Å². The molecule has 1 aliphatic rings. The van der Waals surface area contributed by atoms with Gasteiger partial charge in [-0.05, 0) is 72.9 Å². The number of carbonyl (C=O) groups is 2. The number of nitrogens with one attached hydrogen (secondary N) is 1. The molecule has 8 nitrogen and oxygen atoms in total. The molecule has 1 fully saturated rings. The maximum absolute atomic E-state index is 14.7. The first-order valence-electron chi connectivity index (χ1n) is 16.2. The summed E-state index contributed by atoms with van der Waals surface area (Å²) in [5.74, 6) is -0.118. The molecule has 0 spiro atoms. The SMILES string of the molecule is COc1cccc(CN(C(=O)CN(c2cccc(C)c2)S(=O)(=O)c2ccccc2)[C@H](Cc2ccccc2)C(=O)NC2CCCCC2)c1. The molecule has 0 saturated heterocycles. The molecule has 5 rings (SSSR count). The van der Waals surface area contributed by atoms with E-state index in [4.69, 9.17) is 4.74 Å². The third-order valence-corrected chi connectivity index (χ3v) is 10.4. The van der Waals surface area contributed by atoms with Gasteiger partial charge < -0.3 is 15.0 Å². The zero-order chi connectivity index (χ0) is 33.2. The highest BCUT2D eigenvalue weighted by atomic mass is 32.2. The van der Waals surface area contributed by atoms with Crippen molar-refractivity contribution in [2.24, 2.45) is 0 Å². The third-order valence-electron chi connectivity index (χ3n) is 8.61. The Morgan fingerprint density at radius 1 is 0.830 bits per heavy atom. The average Bonchev–Trinajstić information content (AvgIpc) is 3.10. The van der Waals surface area contributed by atoms with E-state index in [1.54, 1.807) is 43.5 Å². The fourth-order valence-electron chi connectivity index (χ4n) is 6.10. The molecular weight excluding hydrogens is 611 g/mol. The normalized spacial score (nSPS) is 14.2. The lowest BCUT2D eigenvalue weighted by atomic mass is 9.94. The largest absolute Gasteiger partial charge is 0.497 e. The maximum atomic E-state index is 14.7. The Balaban J connectivity index is 1.57. The Labute approximate surface area is 278 Å². The number of anilines is 1. The summed E-state index contributed by atoms with van der Waals surface area (Å²) in [6.45, 7) is 1.46. The number of sulfonamides is 1. The monoisotopic (exact) mass is 653 g/mol. The molecule has 1 saturated carbocycles. The minimum Gasteiger partial charge on any atom is -0.497 e. The van der Waals surface area contributed by atoms with Gasteiger partial charge in [0.15, 0.2) is 0 Å². The number of amides is 2. The van der Waals surface area contributed by atoms with Crippen LogP contribution in [0.1, 0.15) is 48.8 Å². The van der Waals surface area contributed by atoms with Crippen molar-refractivity contribution in [1.29, 1.82) is 0 Å². The fraction of sp³-hybridized carbons (Fsp3) is 0.316. The van der Waals surface area contributed by atoms with Gasteiger partial charge in [0.05, 0.1) is 17.7 Å². The first kappa shape index (κ1) is 33.7. The number of benzene rings is 4. The lowest BCUT2D eigenvalue weighted by Crippen LogP contribution is -2.55. The van der Waals surface area contributed by atoms with Gasteiger partial charge in [0, 0.05) is 19.0 Å². The number of aryl methyl sites for hydroxylation is 1. The van der Waals surface area contributed by atoms with Crippen LogP contribution in [0, 0.1) is 6.92 Å². The first-order chi connectivity index (χ1) is 22.7. The van der Waals surface area contributed by atoms with E-state index in [1.807, 2.05) is 67.6 Å². The molecule has 4 aromatic carbocycles. The number of carbonyl (C=O) groups excluding carboxylic acids is 2. The molecule has 0 aliphatic heterocycles. The van der Waals surface area contributed by atoms with Crippen LogP contribution in [-0.4, -0.2) is 50.9 Å². The number of hydrogen-bond donors (Lipinski definition) is 1. The highest BCUT2D eigenvalue weighted by Crippen LogP contribution is 2.26. The van der Waals surface area contributed by atoms with E-state index in [0.29, 0.717) is 11.4 Å². The predicted molar refractivity (Wildman–Crippen MR) is 185 cm³/mol. The van der Waals surface area contributed by atoms with Crippen LogP contribution >= 0.6 is 0 Å². The van der Waals surface area contributed by atoms with Crippen molar-refractivity contribution in [3.8, 4) is 5.75 Å². The Bertz CT molecular complexity index is 1740. The second-order valence-electron chi connectivity index (χ2n) is 12.1. The number of ether oxygens (including phenoxy) is 1. The van der Waals surface area contributed by atoms with Crippen molar-refractivity contribution in [3.63, 3.8) is 0 Å². The van der Waals surface area contributed by atoms with Crippen LogP contribution in [-0.2, 0) is 32.6 Å². The van der Waals surface area contributed by atoms with Crippen molar-refractivity contribution in [1.82, 2.24) is 10.2 Å². The molecule has 0 aromatic heterocycles. The summed E-state index contributed by atoms with van der Waals surface area (Å²) in [4.78, 5) is 30.5. The minimum absolute atomic E-state index is 0.0329. The summed E-state index contributed by atoms with van der Waals surface area (Å²) < 4.78 is 34.9.